The second kappa shape index (κ2) is 5.89. The van der Waals surface area contributed by atoms with Crippen LogP contribution in [0.15, 0.2) is 24.4 Å². The fraction of sp³-hybridized carbons (Fsp3) is 0.444. The van der Waals surface area contributed by atoms with Crippen LogP contribution in [0.2, 0.25) is 0 Å². The largest absolute Gasteiger partial charge is 0.322 e. The van der Waals surface area contributed by atoms with Gasteiger partial charge in [-0.1, -0.05) is 32.9 Å². The highest BCUT2D eigenvalue weighted by atomic mass is 19.3. The summed E-state index contributed by atoms with van der Waals surface area (Å²) in [5, 5.41) is 6.30. The Labute approximate surface area is 144 Å². The number of halogens is 3. The Morgan fingerprint density at radius 1 is 1.36 bits per heavy atom. The van der Waals surface area contributed by atoms with E-state index in [4.69, 9.17) is 0 Å². The van der Waals surface area contributed by atoms with Gasteiger partial charge in [0, 0.05) is 30.3 Å². The molecule has 0 saturated carbocycles. The molecule has 1 amide bonds. The van der Waals surface area contributed by atoms with Crippen molar-refractivity contribution < 1.29 is 18.0 Å². The highest BCUT2D eigenvalue weighted by Crippen LogP contribution is 2.50. The fourth-order valence-electron chi connectivity index (χ4n) is 3.68. The van der Waals surface area contributed by atoms with Gasteiger partial charge in [-0.05, 0) is 17.2 Å². The van der Waals surface area contributed by atoms with E-state index < -0.39 is 35.5 Å². The van der Waals surface area contributed by atoms with E-state index in [1.165, 1.54) is 17.9 Å². The summed E-state index contributed by atoms with van der Waals surface area (Å²) in [6.07, 6.45) is -2.68. The SMILES string of the molecule is C[C@H]1c2c(NC(=O)c3cn(C)nc3C(F)F)cccc2C(C)(C)C1F. The van der Waals surface area contributed by atoms with Crippen molar-refractivity contribution in [1.82, 2.24) is 9.78 Å². The van der Waals surface area contributed by atoms with E-state index in [2.05, 4.69) is 10.4 Å². The van der Waals surface area contributed by atoms with Gasteiger partial charge < -0.3 is 5.32 Å². The van der Waals surface area contributed by atoms with Gasteiger partial charge in [0.1, 0.15) is 11.9 Å². The maximum Gasteiger partial charge on any atom is 0.282 e. The number of amides is 1. The molecule has 1 aromatic carbocycles. The molecule has 0 fully saturated rings. The van der Waals surface area contributed by atoms with Crippen LogP contribution >= 0.6 is 0 Å². The van der Waals surface area contributed by atoms with Crippen LogP contribution in [0.5, 0.6) is 0 Å². The number of hydrogen-bond acceptors (Lipinski definition) is 2. The van der Waals surface area contributed by atoms with Crippen molar-refractivity contribution in [2.45, 2.75) is 44.7 Å². The summed E-state index contributed by atoms with van der Waals surface area (Å²) in [6, 6.07) is 5.24. The van der Waals surface area contributed by atoms with E-state index in [-0.39, 0.29) is 5.56 Å². The minimum atomic E-state index is -2.85. The summed E-state index contributed by atoms with van der Waals surface area (Å²) in [5.74, 6) is -1.07. The molecule has 2 atom stereocenters. The highest BCUT2D eigenvalue weighted by molar-refractivity contribution is 6.05. The minimum Gasteiger partial charge on any atom is -0.322 e. The second-order valence-corrected chi connectivity index (χ2v) is 7.04. The molecule has 1 N–H and O–H groups in total. The van der Waals surface area contributed by atoms with Gasteiger partial charge >= 0.3 is 0 Å². The van der Waals surface area contributed by atoms with Crippen molar-refractivity contribution >= 4 is 11.6 Å². The Morgan fingerprint density at radius 3 is 2.68 bits per heavy atom. The van der Waals surface area contributed by atoms with E-state index >= 15 is 0 Å². The molecule has 1 aliphatic rings. The molecule has 4 nitrogen and oxygen atoms in total. The van der Waals surface area contributed by atoms with Crippen molar-refractivity contribution in [1.29, 1.82) is 0 Å². The van der Waals surface area contributed by atoms with Gasteiger partial charge in [-0.2, -0.15) is 5.10 Å². The molecule has 0 saturated heterocycles. The number of alkyl halides is 3. The van der Waals surface area contributed by atoms with Gasteiger partial charge in [-0.15, -0.1) is 0 Å². The van der Waals surface area contributed by atoms with E-state index in [1.54, 1.807) is 19.1 Å². The number of anilines is 1. The first-order valence-corrected chi connectivity index (χ1v) is 8.05. The van der Waals surface area contributed by atoms with Crippen LogP contribution in [0.4, 0.5) is 18.9 Å². The summed E-state index contributed by atoms with van der Waals surface area (Å²) in [5.41, 5.74) is 0.576. The number of carbonyl (C=O) groups excluding carboxylic acids is 1. The van der Waals surface area contributed by atoms with Crippen molar-refractivity contribution in [2.24, 2.45) is 7.05 Å². The molecule has 1 aromatic heterocycles. The van der Waals surface area contributed by atoms with E-state index in [1.807, 2.05) is 19.9 Å². The standard InChI is InChI=1S/C18H20F3N3O/c1-9-13-11(18(2,3)15(9)19)6-5-7-12(13)22-17(25)10-8-24(4)23-14(10)16(20)21/h5-9,15-16H,1-4H3,(H,22,25)/t9-,15?/m0/s1. The molecular formula is C18H20F3N3O. The second-order valence-electron chi connectivity index (χ2n) is 7.04. The van der Waals surface area contributed by atoms with Gasteiger partial charge in [0.15, 0.2) is 0 Å². The third kappa shape index (κ3) is 2.71. The maximum absolute atomic E-state index is 14.7. The quantitative estimate of drug-likeness (QED) is 0.894. The van der Waals surface area contributed by atoms with Gasteiger partial charge in [-0.25, -0.2) is 13.2 Å². The van der Waals surface area contributed by atoms with Crippen LogP contribution in [0.25, 0.3) is 0 Å². The smallest absolute Gasteiger partial charge is 0.282 e. The maximum atomic E-state index is 14.7. The number of hydrogen-bond donors (Lipinski definition) is 1. The lowest BCUT2D eigenvalue weighted by Gasteiger charge is -2.23. The van der Waals surface area contributed by atoms with Crippen LogP contribution in [0.3, 0.4) is 0 Å². The van der Waals surface area contributed by atoms with Crippen molar-refractivity contribution in [3.63, 3.8) is 0 Å². The Bertz CT molecular complexity index is 829. The van der Waals surface area contributed by atoms with Gasteiger partial charge in [0.05, 0.1) is 5.56 Å². The number of fused-ring (bicyclic) bond motifs is 1. The van der Waals surface area contributed by atoms with Crippen LogP contribution in [0.1, 0.15) is 60.3 Å². The third-order valence-electron chi connectivity index (χ3n) is 4.94. The topological polar surface area (TPSA) is 46.9 Å². The molecular weight excluding hydrogens is 331 g/mol. The van der Waals surface area contributed by atoms with E-state index in [9.17, 15) is 18.0 Å². The first-order valence-electron chi connectivity index (χ1n) is 8.05. The summed E-state index contributed by atoms with van der Waals surface area (Å²) >= 11 is 0. The zero-order chi connectivity index (χ0) is 18.5. The number of aryl methyl sites for hydroxylation is 1. The zero-order valence-electron chi connectivity index (χ0n) is 14.5. The third-order valence-corrected chi connectivity index (χ3v) is 4.94. The number of carbonyl (C=O) groups is 1. The van der Waals surface area contributed by atoms with Gasteiger partial charge in [-0.3, -0.25) is 9.48 Å². The Hall–Kier alpha value is -2.31. The number of aromatic nitrogens is 2. The molecule has 1 heterocycles. The first-order chi connectivity index (χ1) is 11.6. The van der Waals surface area contributed by atoms with Crippen LogP contribution in [-0.2, 0) is 12.5 Å². The number of nitrogens with one attached hydrogen (secondary N) is 1. The molecule has 25 heavy (non-hydrogen) atoms. The Balaban J connectivity index is 1.99. The van der Waals surface area contributed by atoms with Gasteiger partial charge in [0.2, 0.25) is 0 Å². The molecule has 1 unspecified atom stereocenters. The normalized spacial score (nSPS) is 21.4. The van der Waals surface area contributed by atoms with Crippen LogP contribution in [0, 0.1) is 0 Å². The highest BCUT2D eigenvalue weighted by Gasteiger charge is 2.46. The lowest BCUT2D eigenvalue weighted by molar-refractivity contribution is 0.101. The predicted molar refractivity (Wildman–Crippen MR) is 88.9 cm³/mol. The molecule has 1 aliphatic carbocycles. The number of nitrogens with zero attached hydrogens (tertiary/aromatic N) is 2. The van der Waals surface area contributed by atoms with Crippen LogP contribution in [-0.4, -0.2) is 21.9 Å². The minimum absolute atomic E-state index is 0.184. The molecule has 2 aromatic rings. The van der Waals surface area contributed by atoms with Crippen LogP contribution < -0.4 is 5.32 Å². The lowest BCUT2D eigenvalue weighted by atomic mass is 9.84. The van der Waals surface area contributed by atoms with E-state index in [0.29, 0.717) is 5.69 Å². The monoisotopic (exact) mass is 351 g/mol. The molecule has 134 valence electrons. The molecule has 3 rings (SSSR count). The molecule has 0 bridgehead atoms. The average Bonchev–Trinajstić information content (AvgIpc) is 3.02. The fourth-order valence-corrected chi connectivity index (χ4v) is 3.68. The Morgan fingerprint density at radius 2 is 2.04 bits per heavy atom. The zero-order valence-corrected chi connectivity index (χ0v) is 14.5. The van der Waals surface area contributed by atoms with E-state index in [0.717, 1.165) is 11.1 Å². The van der Waals surface area contributed by atoms with Crippen molar-refractivity contribution in [2.75, 3.05) is 5.32 Å². The van der Waals surface area contributed by atoms with Gasteiger partial charge in [0.25, 0.3) is 12.3 Å². The molecule has 7 heteroatoms. The number of rotatable bonds is 3. The average molecular weight is 351 g/mol. The summed E-state index contributed by atoms with van der Waals surface area (Å²) in [6.45, 7) is 5.41. The Kier molecular flexibility index (Phi) is 4.13. The molecule has 0 radical (unpaired) electrons. The summed E-state index contributed by atoms with van der Waals surface area (Å²) < 4.78 is 42.0. The first kappa shape index (κ1) is 17.5. The number of benzene rings is 1. The van der Waals surface area contributed by atoms with Crippen molar-refractivity contribution in [3.8, 4) is 0 Å². The summed E-state index contributed by atoms with van der Waals surface area (Å²) in [4.78, 5) is 12.5. The molecule has 0 aliphatic heterocycles. The molecule has 0 spiro atoms. The predicted octanol–water partition coefficient (Wildman–Crippen LogP) is 4.34. The van der Waals surface area contributed by atoms with Crippen molar-refractivity contribution in [3.05, 3.63) is 46.8 Å². The lowest BCUT2D eigenvalue weighted by Crippen LogP contribution is -2.26. The summed E-state index contributed by atoms with van der Waals surface area (Å²) in [7, 11) is 1.47.